The predicted octanol–water partition coefficient (Wildman–Crippen LogP) is 3.30. The molecule has 3 nitrogen and oxygen atoms in total. The van der Waals surface area contributed by atoms with E-state index in [1.165, 1.54) is 38.5 Å². The first-order valence-electron chi connectivity index (χ1n) is 6.98. The summed E-state index contributed by atoms with van der Waals surface area (Å²) in [6.45, 7) is -1.24. The van der Waals surface area contributed by atoms with Crippen LogP contribution in [-0.2, 0) is 14.2 Å². The lowest BCUT2D eigenvalue weighted by atomic mass is 9.90. The number of hydrogen-bond donors (Lipinski definition) is 0. The molecule has 0 fully saturated rings. The summed E-state index contributed by atoms with van der Waals surface area (Å²) in [6, 6.07) is 0. The Bertz CT molecular complexity index is 510. The Kier molecular flexibility index (Phi) is 5.44. The summed E-state index contributed by atoms with van der Waals surface area (Å²) >= 11 is 0. The third kappa shape index (κ3) is 3.27. The molecule has 0 amide bonds. The minimum atomic E-state index is -2.61. The molecule has 0 aliphatic heterocycles. The highest BCUT2D eigenvalue weighted by Gasteiger charge is 2.51. The highest BCUT2D eigenvalue weighted by Crippen LogP contribution is 2.39. The molecule has 0 saturated heterocycles. The van der Waals surface area contributed by atoms with Gasteiger partial charge >= 0.3 is 0 Å². The van der Waals surface area contributed by atoms with Crippen molar-refractivity contribution < 1.29 is 31.8 Å². The highest BCUT2D eigenvalue weighted by molar-refractivity contribution is 5.31. The van der Waals surface area contributed by atoms with Crippen molar-refractivity contribution in [1.82, 2.24) is 0 Å². The van der Waals surface area contributed by atoms with E-state index in [1.54, 1.807) is 0 Å². The van der Waals surface area contributed by atoms with Crippen molar-refractivity contribution in [2.45, 2.75) is 23.5 Å². The smallest absolute Gasteiger partial charge is 0.214 e. The molecule has 0 saturated carbocycles. The Labute approximate surface area is 131 Å². The third-order valence-corrected chi connectivity index (χ3v) is 3.75. The molecule has 0 radical (unpaired) electrons. The number of allylic oxidation sites excluding steroid dienone is 4. The van der Waals surface area contributed by atoms with Crippen molar-refractivity contribution in [2.75, 3.05) is 27.4 Å². The SMILES string of the molecule is COCC1(F)C(F)=CC=CC1OC1C=CC=C(F)C1(F)COC. The molecule has 2 aliphatic rings. The van der Waals surface area contributed by atoms with Crippen molar-refractivity contribution in [3.8, 4) is 0 Å². The maximum Gasteiger partial charge on any atom is 0.214 e. The molecule has 0 bridgehead atoms. The van der Waals surface area contributed by atoms with Gasteiger partial charge in [0.15, 0.2) is 0 Å². The molecule has 23 heavy (non-hydrogen) atoms. The Morgan fingerprint density at radius 2 is 1.26 bits per heavy atom. The van der Waals surface area contributed by atoms with Crippen LogP contribution >= 0.6 is 0 Å². The zero-order chi connectivity index (χ0) is 17.1. The van der Waals surface area contributed by atoms with E-state index in [9.17, 15) is 17.6 Å². The molecule has 128 valence electrons. The molecule has 0 spiro atoms. The summed E-state index contributed by atoms with van der Waals surface area (Å²) in [5.41, 5.74) is -5.22. The van der Waals surface area contributed by atoms with E-state index in [4.69, 9.17) is 14.2 Å². The first-order chi connectivity index (χ1) is 10.9. The first kappa shape index (κ1) is 17.9. The van der Waals surface area contributed by atoms with E-state index in [2.05, 4.69) is 0 Å². The number of halogens is 4. The molecule has 2 rings (SSSR count). The number of hydrogen-bond acceptors (Lipinski definition) is 3. The molecule has 4 unspecified atom stereocenters. The van der Waals surface area contributed by atoms with Gasteiger partial charge in [0.05, 0.1) is 13.2 Å². The van der Waals surface area contributed by atoms with Crippen molar-refractivity contribution in [3.05, 3.63) is 48.1 Å². The van der Waals surface area contributed by atoms with Crippen molar-refractivity contribution in [1.29, 1.82) is 0 Å². The van der Waals surface area contributed by atoms with E-state index in [0.29, 0.717) is 0 Å². The van der Waals surface area contributed by atoms with E-state index >= 15 is 0 Å². The largest absolute Gasteiger partial charge is 0.381 e. The number of methoxy groups -OCH3 is 2. The Morgan fingerprint density at radius 1 is 0.870 bits per heavy atom. The molecular formula is C16H18F4O3. The lowest BCUT2D eigenvalue weighted by Crippen LogP contribution is -2.52. The van der Waals surface area contributed by atoms with Gasteiger partial charge in [-0.2, -0.15) is 0 Å². The molecule has 4 atom stereocenters. The number of alkyl halides is 2. The fourth-order valence-electron chi connectivity index (χ4n) is 2.52. The van der Waals surface area contributed by atoms with Crippen LogP contribution in [0.15, 0.2) is 48.1 Å². The topological polar surface area (TPSA) is 27.7 Å². The molecule has 0 aromatic rings. The van der Waals surface area contributed by atoms with Crippen molar-refractivity contribution in [3.63, 3.8) is 0 Å². The maximum absolute atomic E-state index is 14.9. The van der Waals surface area contributed by atoms with Gasteiger partial charge in [0.25, 0.3) is 0 Å². The van der Waals surface area contributed by atoms with E-state index in [1.807, 2.05) is 0 Å². The second-order valence-corrected chi connectivity index (χ2v) is 5.37. The van der Waals surface area contributed by atoms with Crippen LogP contribution in [0.1, 0.15) is 0 Å². The summed E-state index contributed by atoms with van der Waals surface area (Å²) in [4.78, 5) is 0. The average Bonchev–Trinajstić information content (AvgIpc) is 2.50. The fraction of sp³-hybridized carbons (Fsp3) is 0.500. The predicted molar refractivity (Wildman–Crippen MR) is 76.8 cm³/mol. The molecule has 0 aromatic heterocycles. The van der Waals surface area contributed by atoms with Crippen LogP contribution in [0.3, 0.4) is 0 Å². The molecule has 0 N–H and O–H groups in total. The lowest BCUT2D eigenvalue weighted by molar-refractivity contribution is -0.126. The van der Waals surface area contributed by atoms with Crippen LogP contribution in [0, 0.1) is 0 Å². The summed E-state index contributed by atoms with van der Waals surface area (Å²) in [7, 11) is 2.41. The molecular weight excluding hydrogens is 316 g/mol. The van der Waals surface area contributed by atoms with Crippen molar-refractivity contribution in [2.24, 2.45) is 0 Å². The van der Waals surface area contributed by atoms with Crippen LogP contribution in [0.5, 0.6) is 0 Å². The van der Waals surface area contributed by atoms with Gasteiger partial charge in [-0.15, -0.1) is 0 Å². The molecule has 2 aliphatic carbocycles. The normalized spacial score (nSPS) is 36.8. The zero-order valence-corrected chi connectivity index (χ0v) is 12.8. The third-order valence-electron chi connectivity index (χ3n) is 3.75. The van der Waals surface area contributed by atoms with Crippen LogP contribution < -0.4 is 0 Å². The van der Waals surface area contributed by atoms with E-state index < -0.39 is 48.4 Å². The second-order valence-electron chi connectivity index (χ2n) is 5.37. The summed E-state index contributed by atoms with van der Waals surface area (Å²) in [5, 5.41) is 0. The minimum Gasteiger partial charge on any atom is -0.381 e. The lowest BCUT2D eigenvalue weighted by Gasteiger charge is -2.38. The fourth-order valence-corrected chi connectivity index (χ4v) is 2.52. The zero-order valence-electron chi connectivity index (χ0n) is 12.8. The standard InChI is InChI=1S/C16H18F4O3/c1-21-9-15(19)11(17)5-3-7-13(15)23-14-8-4-6-12(18)16(14,20)10-22-2/h3-8,13-14H,9-10H2,1-2H3. The molecule has 0 aromatic carbocycles. The van der Waals surface area contributed by atoms with Gasteiger partial charge in [0.2, 0.25) is 11.3 Å². The van der Waals surface area contributed by atoms with E-state index in [-0.39, 0.29) is 0 Å². The maximum atomic E-state index is 14.9. The summed E-state index contributed by atoms with van der Waals surface area (Å²) < 4.78 is 72.3. The van der Waals surface area contributed by atoms with Gasteiger partial charge in [-0.25, -0.2) is 17.6 Å². The van der Waals surface area contributed by atoms with Crippen LogP contribution in [0.2, 0.25) is 0 Å². The van der Waals surface area contributed by atoms with Crippen molar-refractivity contribution >= 4 is 0 Å². The summed E-state index contributed by atoms with van der Waals surface area (Å²) in [6.07, 6.45) is 3.91. The van der Waals surface area contributed by atoms with Crippen LogP contribution in [-0.4, -0.2) is 51.0 Å². The van der Waals surface area contributed by atoms with Gasteiger partial charge in [-0.05, 0) is 12.2 Å². The van der Waals surface area contributed by atoms with E-state index in [0.717, 1.165) is 12.2 Å². The Balaban J connectivity index is 2.26. The summed E-state index contributed by atoms with van der Waals surface area (Å²) in [5.74, 6) is -2.20. The second kappa shape index (κ2) is 6.98. The van der Waals surface area contributed by atoms with Gasteiger partial charge < -0.3 is 14.2 Å². The molecule has 7 heteroatoms. The number of ether oxygens (including phenoxy) is 3. The Morgan fingerprint density at radius 3 is 1.61 bits per heavy atom. The average molecular weight is 334 g/mol. The molecule has 0 heterocycles. The van der Waals surface area contributed by atoms with Crippen LogP contribution in [0.25, 0.3) is 0 Å². The first-order valence-corrected chi connectivity index (χ1v) is 6.98. The quantitative estimate of drug-likeness (QED) is 0.698. The van der Waals surface area contributed by atoms with Gasteiger partial charge in [-0.1, -0.05) is 24.3 Å². The Hall–Kier alpha value is -1.44. The van der Waals surface area contributed by atoms with Gasteiger partial charge in [0.1, 0.15) is 23.9 Å². The highest BCUT2D eigenvalue weighted by atomic mass is 19.2. The number of rotatable bonds is 6. The van der Waals surface area contributed by atoms with Gasteiger partial charge in [0, 0.05) is 14.2 Å². The van der Waals surface area contributed by atoms with Crippen LogP contribution in [0.4, 0.5) is 17.6 Å². The monoisotopic (exact) mass is 334 g/mol. The minimum absolute atomic E-state index is 0.622. The van der Waals surface area contributed by atoms with Gasteiger partial charge in [-0.3, -0.25) is 0 Å².